The second-order valence-electron chi connectivity index (χ2n) is 4.31. The smallest absolute Gasteiger partial charge is 0.411 e. The average molecular weight is 288 g/mol. The Morgan fingerprint density at radius 3 is 2.67 bits per heavy atom. The number of hydrogen-bond acceptors (Lipinski definition) is 4. The van der Waals surface area contributed by atoms with E-state index < -0.39 is 6.09 Å². The van der Waals surface area contributed by atoms with E-state index >= 15 is 0 Å². The Hall–Kier alpha value is -2.76. The Bertz CT molecular complexity index is 635. The summed E-state index contributed by atoms with van der Waals surface area (Å²) < 4.78 is 9.82. The van der Waals surface area contributed by atoms with E-state index in [1.165, 1.54) is 6.26 Å². The van der Waals surface area contributed by atoms with Gasteiger partial charge < -0.3 is 14.5 Å². The van der Waals surface area contributed by atoms with Crippen LogP contribution in [0.25, 0.3) is 0 Å². The predicted molar refractivity (Wildman–Crippen MR) is 78.5 cm³/mol. The van der Waals surface area contributed by atoms with E-state index in [9.17, 15) is 9.59 Å². The summed E-state index contributed by atoms with van der Waals surface area (Å²) in [4.78, 5) is 23.2. The summed E-state index contributed by atoms with van der Waals surface area (Å²) in [6, 6.07) is 8.36. The monoisotopic (exact) mass is 288 g/mol. The molecule has 0 fully saturated rings. The third-order valence-corrected chi connectivity index (χ3v) is 2.74. The molecule has 0 radical (unpaired) electrons. The highest BCUT2D eigenvalue weighted by atomic mass is 16.5. The number of carbonyl (C=O) groups is 2. The minimum absolute atomic E-state index is 0.239. The number of hydrogen-bond donors (Lipinski definition) is 2. The van der Waals surface area contributed by atoms with Crippen LogP contribution >= 0.6 is 0 Å². The van der Waals surface area contributed by atoms with Crippen LogP contribution in [0.2, 0.25) is 0 Å². The van der Waals surface area contributed by atoms with Crippen molar-refractivity contribution in [1.29, 1.82) is 0 Å². The minimum atomic E-state index is -0.510. The second kappa shape index (κ2) is 6.60. The predicted octanol–water partition coefficient (Wildman–Crippen LogP) is 3.41. The number of carbonyl (C=O) groups excluding carboxylic acids is 2. The van der Waals surface area contributed by atoms with Crippen LogP contribution in [0.1, 0.15) is 23.0 Å². The van der Waals surface area contributed by atoms with Gasteiger partial charge in [-0.15, -0.1) is 0 Å². The van der Waals surface area contributed by atoms with Gasteiger partial charge in [0.2, 0.25) is 0 Å². The molecule has 0 bridgehead atoms. The van der Waals surface area contributed by atoms with Gasteiger partial charge in [-0.05, 0) is 49.7 Å². The van der Waals surface area contributed by atoms with Gasteiger partial charge >= 0.3 is 6.09 Å². The molecule has 110 valence electrons. The number of ether oxygens (including phenoxy) is 1. The van der Waals surface area contributed by atoms with Crippen LogP contribution in [0.4, 0.5) is 16.2 Å². The zero-order chi connectivity index (χ0) is 15.2. The second-order valence-corrected chi connectivity index (χ2v) is 4.31. The summed E-state index contributed by atoms with van der Waals surface area (Å²) in [7, 11) is 0. The topological polar surface area (TPSA) is 80.6 Å². The van der Waals surface area contributed by atoms with Crippen LogP contribution in [0.15, 0.2) is 41.0 Å². The molecule has 2 rings (SSSR count). The van der Waals surface area contributed by atoms with Crippen LogP contribution in [0.5, 0.6) is 0 Å². The highest BCUT2D eigenvalue weighted by Crippen LogP contribution is 2.20. The molecule has 6 heteroatoms. The lowest BCUT2D eigenvalue weighted by Gasteiger charge is -2.10. The number of anilines is 2. The summed E-state index contributed by atoms with van der Waals surface area (Å²) in [5.41, 5.74) is 2.05. The minimum Gasteiger partial charge on any atom is -0.459 e. The molecular weight excluding hydrogens is 272 g/mol. The first-order valence-corrected chi connectivity index (χ1v) is 6.49. The van der Waals surface area contributed by atoms with Crippen molar-refractivity contribution in [2.24, 2.45) is 0 Å². The molecule has 1 heterocycles. The first-order valence-electron chi connectivity index (χ1n) is 6.49. The molecule has 2 aromatic rings. The lowest BCUT2D eigenvalue weighted by molar-refractivity contribution is 0.0996. The molecule has 0 saturated carbocycles. The van der Waals surface area contributed by atoms with Crippen molar-refractivity contribution in [3.8, 4) is 0 Å². The maximum absolute atomic E-state index is 11.9. The molecule has 2 N–H and O–H groups in total. The van der Waals surface area contributed by atoms with Crippen molar-refractivity contribution >= 4 is 23.4 Å². The molecule has 0 unspecified atom stereocenters. The van der Waals surface area contributed by atoms with Gasteiger partial charge in [0.15, 0.2) is 5.76 Å². The van der Waals surface area contributed by atoms with Crippen LogP contribution in [-0.4, -0.2) is 18.6 Å². The van der Waals surface area contributed by atoms with E-state index in [4.69, 9.17) is 9.15 Å². The van der Waals surface area contributed by atoms with Crippen molar-refractivity contribution in [1.82, 2.24) is 0 Å². The number of furan rings is 1. The van der Waals surface area contributed by atoms with E-state index in [0.29, 0.717) is 18.0 Å². The molecule has 0 saturated heterocycles. The summed E-state index contributed by atoms with van der Waals surface area (Å²) in [5.74, 6) is -0.0858. The normalized spacial score (nSPS) is 10.0. The summed E-state index contributed by atoms with van der Waals surface area (Å²) in [5, 5.41) is 5.34. The van der Waals surface area contributed by atoms with Gasteiger partial charge in [0.25, 0.3) is 5.91 Å². The van der Waals surface area contributed by atoms with E-state index in [2.05, 4.69) is 10.6 Å². The number of nitrogens with one attached hydrogen (secondary N) is 2. The van der Waals surface area contributed by atoms with Gasteiger partial charge in [0.1, 0.15) is 0 Å². The van der Waals surface area contributed by atoms with Gasteiger partial charge in [-0.2, -0.15) is 0 Å². The summed E-state index contributed by atoms with van der Waals surface area (Å²) >= 11 is 0. The van der Waals surface area contributed by atoms with E-state index in [1.54, 1.807) is 37.3 Å². The Morgan fingerprint density at radius 1 is 1.24 bits per heavy atom. The lowest BCUT2D eigenvalue weighted by atomic mass is 10.1. The number of aryl methyl sites for hydroxylation is 1. The quantitative estimate of drug-likeness (QED) is 0.903. The Morgan fingerprint density at radius 2 is 2.05 bits per heavy atom. The van der Waals surface area contributed by atoms with Crippen molar-refractivity contribution in [3.63, 3.8) is 0 Å². The molecular formula is C15H16N2O4. The zero-order valence-corrected chi connectivity index (χ0v) is 11.8. The largest absolute Gasteiger partial charge is 0.459 e. The van der Waals surface area contributed by atoms with Crippen molar-refractivity contribution in [2.75, 3.05) is 17.2 Å². The van der Waals surface area contributed by atoms with Crippen LogP contribution in [0, 0.1) is 6.92 Å². The SMILES string of the molecule is CCOC(=O)Nc1ccc(NC(=O)c2ccco2)c(C)c1. The van der Waals surface area contributed by atoms with Crippen molar-refractivity contribution < 1.29 is 18.7 Å². The molecule has 0 spiro atoms. The Kier molecular flexibility index (Phi) is 4.61. The molecule has 0 atom stereocenters. The maximum Gasteiger partial charge on any atom is 0.411 e. The maximum atomic E-state index is 11.9. The van der Waals surface area contributed by atoms with Gasteiger partial charge in [0.05, 0.1) is 12.9 Å². The summed E-state index contributed by atoms with van der Waals surface area (Å²) in [6.45, 7) is 3.87. The van der Waals surface area contributed by atoms with Crippen LogP contribution in [0.3, 0.4) is 0 Å². The average Bonchev–Trinajstić information content (AvgIpc) is 2.96. The molecule has 1 aromatic heterocycles. The molecule has 0 aliphatic carbocycles. The highest BCUT2D eigenvalue weighted by Gasteiger charge is 2.11. The van der Waals surface area contributed by atoms with Gasteiger partial charge in [0, 0.05) is 11.4 Å². The summed E-state index contributed by atoms with van der Waals surface area (Å²) in [6.07, 6.45) is 0.929. The molecule has 6 nitrogen and oxygen atoms in total. The van der Waals surface area contributed by atoms with E-state index in [-0.39, 0.29) is 11.7 Å². The van der Waals surface area contributed by atoms with Gasteiger partial charge in [-0.25, -0.2) is 4.79 Å². The lowest BCUT2D eigenvalue weighted by Crippen LogP contribution is -2.14. The van der Waals surface area contributed by atoms with Crippen LogP contribution < -0.4 is 10.6 Å². The first kappa shape index (κ1) is 14.6. The number of rotatable bonds is 4. The van der Waals surface area contributed by atoms with E-state index in [0.717, 1.165) is 5.56 Å². The number of amides is 2. The number of benzene rings is 1. The van der Waals surface area contributed by atoms with Crippen LogP contribution in [-0.2, 0) is 4.74 Å². The van der Waals surface area contributed by atoms with E-state index in [1.807, 2.05) is 6.92 Å². The molecule has 0 aliphatic rings. The van der Waals surface area contributed by atoms with Gasteiger partial charge in [-0.1, -0.05) is 0 Å². The fourth-order valence-corrected chi connectivity index (χ4v) is 1.76. The molecule has 0 aliphatic heterocycles. The van der Waals surface area contributed by atoms with Crippen molar-refractivity contribution in [3.05, 3.63) is 47.9 Å². The van der Waals surface area contributed by atoms with Crippen molar-refractivity contribution in [2.45, 2.75) is 13.8 Å². The Labute approximate surface area is 122 Å². The molecule has 2 amide bonds. The highest BCUT2D eigenvalue weighted by molar-refractivity contribution is 6.02. The fourth-order valence-electron chi connectivity index (χ4n) is 1.76. The van der Waals surface area contributed by atoms with Gasteiger partial charge in [-0.3, -0.25) is 10.1 Å². The standard InChI is InChI=1S/C15H16N2O4/c1-3-20-15(19)16-11-6-7-12(10(2)9-11)17-14(18)13-5-4-8-21-13/h4-9H,3H2,1-2H3,(H,16,19)(H,17,18). The molecule has 1 aromatic carbocycles. The fraction of sp³-hybridized carbons (Fsp3) is 0.200. The first-order chi connectivity index (χ1) is 10.1. The Balaban J connectivity index is 2.05. The third-order valence-electron chi connectivity index (χ3n) is 2.74. The zero-order valence-electron chi connectivity index (χ0n) is 11.8. The molecule has 21 heavy (non-hydrogen) atoms. The third kappa shape index (κ3) is 3.85.